The van der Waals surface area contributed by atoms with Crippen molar-refractivity contribution in [3.63, 3.8) is 0 Å². The molecule has 2 heterocycles. The van der Waals surface area contributed by atoms with Crippen LogP contribution in [0.5, 0.6) is 0 Å². The minimum Gasteiger partial charge on any atom is -0.343 e. The quantitative estimate of drug-likeness (QED) is 0.523. The number of nitrogens with zero attached hydrogens (tertiary/aromatic N) is 3. The molecule has 2 aliphatic heterocycles. The Morgan fingerprint density at radius 3 is 1.68 bits per heavy atom. The van der Waals surface area contributed by atoms with E-state index in [-0.39, 0.29) is 29.7 Å². The molecule has 3 N–H and O–H groups in total. The highest BCUT2D eigenvalue weighted by Crippen LogP contribution is 2.10. The Labute approximate surface area is 223 Å². The SMILES string of the molecule is CC(=O)N1CCC(=NNC(=O)c2ccccc2)CC1.CC(=O)N1CCC(NNC(=O)c2ccccc2)CC1. The molecule has 0 atom stereocenters. The summed E-state index contributed by atoms with van der Waals surface area (Å²) in [6.45, 7) is 6.00. The van der Waals surface area contributed by atoms with Gasteiger partial charge in [-0.2, -0.15) is 5.10 Å². The summed E-state index contributed by atoms with van der Waals surface area (Å²) in [5, 5.41) is 4.13. The van der Waals surface area contributed by atoms with Gasteiger partial charge in [-0.1, -0.05) is 36.4 Å². The highest BCUT2D eigenvalue weighted by molar-refractivity contribution is 5.96. The normalized spacial score (nSPS) is 15.6. The van der Waals surface area contributed by atoms with Crippen molar-refractivity contribution in [3.8, 4) is 0 Å². The molecule has 2 aromatic rings. The van der Waals surface area contributed by atoms with Gasteiger partial charge in [0.1, 0.15) is 0 Å². The molecule has 0 unspecified atom stereocenters. The van der Waals surface area contributed by atoms with Crippen LogP contribution in [0, 0.1) is 0 Å². The molecule has 4 rings (SSSR count). The van der Waals surface area contributed by atoms with Crippen molar-refractivity contribution in [2.45, 2.75) is 45.6 Å². The van der Waals surface area contributed by atoms with Crippen LogP contribution < -0.4 is 16.3 Å². The summed E-state index contributed by atoms with van der Waals surface area (Å²) in [7, 11) is 0. The second-order valence-corrected chi connectivity index (χ2v) is 9.24. The Morgan fingerprint density at radius 1 is 0.711 bits per heavy atom. The lowest BCUT2D eigenvalue weighted by Crippen LogP contribution is -2.50. The molecule has 0 spiro atoms. The van der Waals surface area contributed by atoms with Crippen LogP contribution in [0.25, 0.3) is 0 Å². The monoisotopic (exact) mass is 520 g/mol. The standard InChI is InChI=1S/C14H19N3O2.C14H17N3O2/c2*1-11(18)17-9-7-13(8-10-17)15-16-14(19)12-5-3-2-4-6-12/h2-6,13,15H,7-10H2,1H3,(H,16,19);2-6H,7-10H2,1H3,(H,16,19). The number of amides is 4. The molecule has 38 heavy (non-hydrogen) atoms. The van der Waals surface area contributed by atoms with Crippen molar-refractivity contribution < 1.29 is 19.2 Å². The first-order valence-corrected chi connectivity index (χ1v) is 12.9. The van der Waals surface area contributed by atoms with E-state index in [1.165, 1.54) is 0 Å². The van der Waals surface area contributed by atoms with Crippen molar-refractivity contribution >= 4 is 29.3 Å². The van der Waals surface area contributed by atoms with Gasteiger partial charge in [0, 0.05) is 75.7 Å². The van der Waals surface area contributed by atoms with E-state index >= 15 is 0 Å². The number of hydrazone groups is 1. The number of likely N-dealkylation sites (tertiary alicyclic amines) is 2. The predicted octanol–water partition coefficient (Wildman–Crippen LogP) is 2.35. The van der Waals surface area contributed by atoms with Gasteiger partial charge in [-0.3, -0.25) is 24.6 Å². The molecule has 2 saturated heterocycles. The maximum absolute atomic E-state index is 11.8. The zero-order valence-electron chi connectivity index (χ0n) is 22.0. The number of hydrogen-bond donors (Lipinski definition) is 3. The lowest BCUT2D eigenvalue weighted by atomic mass is 10.1. The van der Waals surface area contributed by atoms with Crippen LogP contribution >= 0.6 is 0 Å². The largest absolute Gasteiger partial charge is 0.343 e. The summed E-state index contributed by atoms with van der Waals surface area (Å²) in [5.74, 6) is -0.129. The average molecular weight is 521 g/mol. The summed E-state index contributed by atoms with van der Waals surface area (Å²) >= 11 is 0. The third-order valence-corrected chi connectivity index (χ3v) is 6.50. The van der Waals surface area contributed by atoms with Gasteiger partial charge in [0.25, 0.3) is 11.8 Å². The molecule has 0 aromatic heterocycles. The molecule has 10 heteroatoms. The fourth-order valence-corrected chi connectivity index (χ4v) is 4.14. The molecular weight excluding hydrogens is 484 g/mol. The van der Waals surface area contributed by atoms with Gasteiger partial charge in [0.05, 0.1) is 0 Å². The summed E-state index contributed by atoms with van der Waals surface area (Å²) in [6, 6.07) is 18.3. The van der Waals surface area contributed by atoms with Gasteiger partial charge in [0.15, 0.2) is 0 Å². The predicted molar refractivity (Wildman–Crippen MR) is 145 cm³/mol. The van der Waals surface area contributed by atoms with Crippen LogP contribution in [0.3, 0.4) is 0 Å². The lowest BCUT2D eigenvalue weighted by molar-refractivity contribution is -0.130. The van der Waals surface area contributed by atoms with Gasteiger partial charge in [-0.05, 0) is 37.1 Å². The molecule has 2 fully saturated rings. The molecule has 2 aromatic carbocycles. The second kappa shape index (κ2) is 14.6. The number of rotatable bonds is 5. The van der Waals surface area contributed by atoms with Crippen molar-refractivity contribution in [1.82, 2.24) is 26.1 Å². The number of piperidine rings is 2. The average Bonchev–Trinajstić information content (AvgIpc) is 2.96. The highest BCUT2D eigenvalue weighted by atomic mass is 16.2. The minimum absolute atomic E-state index is 0.0902. The third-order valence-electron chi connectivity index (χ3n) is 6.50. The zero-order chi connectivity index (χ0) is 27.3. The Kier molecular flexibility index (Phi) is 11.0. The van der Waals surface area contributed by atoms with E-state index in [0.29, 0.717) is 37.1 Å². The van der Waals surface area contributed by atoms with Crippen LogP contribution in [0.2, 0.25) is 0 Å². The number of hydrazine groups is 1. The highest BCUT2D eigenvalue weighted by Gasteiger charge is 2.21. The Bertz CT molecular complexity index is 1100. The van der Waals surface area contributed by atoms with E-state index in [2.05, 4.69) is 21.4 Å². The van der Waals surface area contributed by atoms with Gasteiger partial charge in [0.2, 0.25) is 11.8 Å². The smallest absolute Gasteiger partial charge is 0.271 e. The summed E-state index contributed by atoms with van der Waals surface area (Å²) < 4.78 is 0. The van der Waals surface area contributed by atoms with Gasteiger partial charge in [-0.25, -0.2) is 10.9 Å². The van der Waals surface area contributed by atoms with Crippen LogP contribution in [0.1, 0.15) is 60.2 Å². The summed E-state index contributed by atoms with van der Waals surface area (Å²) in [6.07, 6.45) is 3.15. The zero-order valence-corrected chi connectivity index (χ0v) is 22.0. The Hall–Kier alpha value is -4.05. The Balaban J connectivity index is 0.000000211. The third kappa shape index (κ3) is 9.11. The first-order chi connectivity index (χ1) is 18.3. The second-order valence-electron chi connectivity index (χ2n) is 9.24. The number of nitrogens with one attached hydrogen (secondary N) is 3. The van der Waals surface area contributed by atoms with E-state index in [9.17, 15) is 19.2 Å². The molecule has 2 aliphatic rings. The number of benzene rings is 2. The van der Waals surface area contributed by atoms with Crippen LogP contribution in [-0.4, -0.2) is 71.4 Å². The molecule has 202 valence electrons. The first-order valence-electron chi connectivity index (χ1n) is 12.9. The van der Waals surface area contributed by atoms with E-state index < -0.39 is 0 Å². The topological polar surface area (TPSA) is 123 Å². The van der Waals surface area contributed by atoms with Crippen LogP contribution in [-0.2, 0) is 9.59 Å². The van der Waals surface area contributed by atoms with Crippen molar-refractivity contribution in [3.05, 3.63) is 71.8 Å². The molecule has 0 bridgehead atoms. The van der Waals surface area contributed by atoms with Gasteiger partial charge in [-0.15, -0.1) is 0 Å². The molecular formula is C28H36N6O4. The number of hydrogen-bond acceptors (Lipinski definition) is 6. The van der Waals surface area contributed by atoms with Crippen LogP contribution in [0.4, 0.5) is 0 Å². The van der Waals surface area contributed by atoms with E-state index in [0.717, 1.165) is 31.6 Å². The maximum atomic E-state index is 11.8. The summed E-state index contributed by atoms with van der Waals surface area (Å²) in [4.78, 5) is 49.6. The molecule has 0 radical (unpaired) electrons. The fraction of sp³-hybridized carbons (Fsp3) is 0.393. The van der Waals surface area contributed by atoms with E-state index in [4.69, 9.17) is 0 Å². The van der Waals surface area contributed by atoms with Crippen molar-refractivity contribution in [1.29, 1.82) is 0 Å². The minimum atomic E-state index is -0.206. The molecule has 0 aliphatic carbocycles. The lowest BCUT2D eigenvalue weighted by Gasteiger charge is -2.31. The van der Waals surface area contributed by atoms with E-state index in [1.54, 1.807) is 43.0 Å². The number of carbonyl (C=O) groups excluding carboxylic acids is 4. The first kappa shape index (κ1) is 28.5. The molecule has 10 nitrogen and oxygen atoms in total. The molecule has 4 amide bonds. The van der Waals surface area contributed by atoms with Crippen molar-refractivity contribution in [2.24, 2.45) is 5.10 Å². The van der Waals surface area contributed by atoms with Crippen molar-refractivity contribution in [2.75, 3.05) is 26.2 Å². The number of carbonyl (C=O) groups is 4. The van der Waals surface area contributed by atoms with Gasteiger partial charge >= 0.3 is 0 Å². The maximum Gasteiger partial charge on any atom is 0.271 e. The van der Waals surface area contributed by atoms with Gasteiger partial charge < -0.3 is 9.80 Å². The van der Waals surface area contributed by atoms with Crippen LogP contribution in [0.15, 0.2) is 65.8 Å². The van der Waals surface area contributed by atoms with E-state index in [1.807, 2.05) is 41.3 Å². The molecule has 0 saturated carbocycles. The summed E-state index contributed by atoms with van der Waals surface area (Å²) in [5.41, 5.74) is 10.5. The fourth-order valence-electron chi connectivity index (χ4n) is 4.14. The Morgan fingerprint density at radius 2 is 1.18 bits per heavy atom.